The van der Waals surface area contributed by atoms with Gasteiger partial charge >= 0.3 is 0 Å². The van der Waals surface area contributed by atoms with Gasteiger partial charge in [0.05, 0.1) is 11.9 Å². The Kier molecular flexibility index (Phi) is 38.7. The van der Waals surface area contributed by atoms with Gasteiger partial charge in [-0.3, -0.25) is 28.0 Å². The van der Waals surface area contributed by atoms with Crippen LogP contribution in [-0.4, -0.2) is 46.3 Å². The van der Waals surface area contributed by atoms with Crippen LogP contribution in [0.15, 0.2) is 340 Å². The van der Waals surface area contributed by atoms with Crippen molar-refractivity contribution in [1.29, 1.82) is 0 Å². The first-order chi connectivity index (χ1) is 52.7. The molecular formula is C97H79F2Ir4N7O2-6. The standard InChI is InChI=1S/C23H16N.C21H22N.C17H12N.2C11H8N.C9H5F2N2.C5H8O2.4Ir/c1-3-7-18(8-4-1)20-11-13-21(14-12-20)23-17-22(15-16-24-23)19-9-5-2-6-10-19;1-14(2)10-17-6-5-7-21-19(17)8-9-20(22-21)18-12-15(3)11-16(4)13-18;1-2-6-14(7-3-1)15-9-11-16(12-10-15)17-8-4-5-13-18-17;2*1-2-6-10(7-3-1)11-8-4-5-9-12-11;10-7-2-3-9(8(11)6-7)13-5-1-4-12-13;1-4(6)3-5(2)7;;;;/h1-13,15-17H;5-9,11-12,14H,10H2,1-4H3;1-11,13H;2*1-6,8-9H;1-2,4-6H;3H2,1-2H3;;;;/q6*-1;;;;;. The van der Waals surface area contributed by atoms with Crippen LogP contribution >= 0.6 is 0 Å². The van der Waals surface area contributed by atoms with E-state index in [0.29, 0.717) is 5.92 Å². The number of ketones is 2. The fraction of sp³-hybridized carbons (Fsp3) is 0.0928. The molecule has 4 radical (unpaired) electrons. The molecule has 0 saturated heterocycles. The number of Topliss-reactive ketones (excluding diaryl/α,β-unsaturated/α-hetero) is 2. The van der Waals surface area contributed by atoms with E-state index in [4.69, 9.17) is 4.98 Å². The van der Waals surface area contributed by atoms with Crippen LogP contribution in [0.25, 0.3) is 106 Å². The van der Waals surface area contributed by atoms with E-state index in [2.05, 4.69) is 210 Å². The zero-order chi connectivity index (χ0) is 75.7. The number of carbonyl (C=O) groups is 2. The van der Waals surface area contributed by atoms with Crippen LogP contribution in [0.2, 0.25) is 0 Å². The third-order valence-corrected chi connectivity index (χ3v) is 16.2. The Morgan fingerprint density at radius 3 is 1.32 bits per heavy atom. The monoisotopic (exact) mass is 2180 g/mol. The topological polar surface area (TPSA) is 116 Å². The van der Waals surface area contributed by atoms with E-state index in [1.54, 1.807) is 30.9 Å². The zero-order valence-corrected chi connectivity index (χ0v) is 71.9. The molecule has 6 aromatic heterocycles. The quantitative estimate of drug-likeness (QED) is 0.0828. The van der Waals surface area contributed by atoms with E-state index in [1.165, 1.54) is 74.6 Å². The van der Waals surface area contributed by atoms with E-state index in [-0.39, 0.29) is 104 Å². The molecule has 6 heterocycles. The average Bonchev–Trinajstić information content (AvgIpc) is 0.917. The molecule has 0 saturated carbocycles. The maximum Gasteiger partial charge on any atom is 0.137 e. The minimum absolute atomic E-state index is 0. The first kappa shape index (κ1) is 90.1. The van der Waals surface area contributed by atoms with Gasteiger partial charge in [0.15, 0.2) is 0 Å². The van der Waals surface area contributed by atoms with E-state index < -0.39 is 11.6 Å². The number of nitrogens with zero attached hydrogens (tertiary/aromatic N) is 7. The Morgan fingerprint density at radius 2 is 0.893 bits per heavy atom. The molecule has 15 heteroatoms. The van der Waals surface area contributed by atoms with E-state index >= 15 is 0 Å². The van der Waals surface area contributed by atoms with Gasteiger partial charge in [0.2, 0.25) is 0 Å². The van der Waals surface area contributed by atoms with Crippen molar-refractivity contribution in [3.05, 3.63) is 405 Å². The SMILES string of the molecule is CC(=O)CC(C)=O.Cc1[c-]c(-c2ccc3c(CC(C)C)cccc3n2)cc(C)c1.Fc1c[c-]c(-n2cccn2)c(F)c1.[Ir].[Ir].[Ir].[Ir].[c-]1cc(-c2ccccc2)ccc1-c1cc(-c2ccccc2)ccn1.[c-]1cc(-c2ccccc2)ccc1-c1ccccn1.[c-]1ccccc1-c1ccccn1.[c-]1ccccc1-c1ccccn1. The Hall–Kier alpha value is -10.8. The van der Waals surface area contributed by atoms with Crippen LogP contribution in [-0.2, 0) is 96.4 Å². The Balaban J connectivity index is 0.000000208. The molecule has 16 aromatic rings. The number of benzene rings is 10. The van der Waals surface area contributed by atoms with Crippen molar-refractivity contribution in [3.63, 3.8) is 0 Å². The largest absolute Gasteiger partial charge is 0.305 e. The molecule has 0 N–H and O–H groups in total. The van der Waals surface area contributed by atoms with Crippen LogP contribution in [0, 0.1) is 67.8 Å². The number of halogens is 2. The third-order valence-electron chi connectivity index (χ3n) is 16.2. The van der Waals surface area contributed by atoms with Crippen LogP contribution in [0.1, 0.15) is 50.8 Å². The molecule has 0 bridgehead atoms. The third kappa shape index (κ3) is 28.8. The normalized spacial score (nSPS) is 9.90. The molecule has 570 valence electrons. The first-order valence-electron chi connectivity index (χ1n) is 35.3. The van der Waals surface area contributed by atoms with Gasteiger partial charge in [0, 0.05) is 135 Å². The zero-order valence-electron chi connectivity index (χ0n) is 62.4. The Morgan fingerprint density at radius 1 is 0.402 bits per heavy atom. The van der Waals surface area contributed by atoms with E-state index in [0.717, 1.165) is 85.9 Å². The molecule has 0 spiro atoms. The Bertz CT molecular complexity index is 5140. The predicted molar refractivity (Wildman–Crippen MR) is 433 cm³/mol. The summed E-state index contributed by atoms with van der Waals surface area (Å²) in [4.78, 5) is 42.2. The summed E-state index contributed by atoms with van der Waals surface area (Å²) in [6, 6.07) is 118. The summed E-state index contributed by atoms with van der Waals surface area (Å²) in [6.45, 7) is 11.5. The number of fused-ring (bicyclic) bond motifs is 1. The van der Waals surface area contributed by atoms with Gasteiger partial charge in [0.25, 0.3) is 0 Å². The van der Waals surface area contributed by atoms with Crippen molar-refractivity contribution < 1.29 is 98.8 Å². The van der Waals surface area contributed by atoms with Crippen molar-refractivity contribution in [2.75, 3.05) is 0 Å². The van der Waals surface area contributed by atoms with Gasteiger partial charge < -0.3 is 19.9 Å². The summed E-state index contributed by atoms with van der Waals surface area (Å²) in [6.07, 6.45) is 11.5. The minimum Gasteiger partial charge on any atom is -0.305 e. The molecule has 0 aliphatic rings. The van der Waals surface area contributed by atoms with Crippen molar-refractivity contribution in [3.8, 4) is 95.4 Å². The van der Waals surface area contributed by atoms with Crippen molar-refractivity contribution >= 4 is 22.5 Å². The van der Waals surface area contributed by atoms with Gasteiger partial charge in [-0.1, -0.05) is 208 Å². The molecule has 0 atom stereocenters. The van der Waals surface area contributed by atoms with Gasteiger partial charge in [-0.25, -0.2) is 0 Å². The summed E-state index contributed by atoms with van der Waals surface area (Å²) in [5.74, 6) is -0.796. The van der Waals surface area contributed by atoms with Gasteiger partial charge in [-0.15, -0.1) is 178 Å². The van der Waals surface area contributed by atoms with E-state index in [1.807, 2.05) is 170 Å². The fourth-order valence-electron chi connectivity index (χ4n) is 11.2. The van der Waals surface area contributed by atoms with Gasteiger partial charge in [0.1, 0.15) is 11.6 Å². The molecule has 0 aliphatic heterocycles. The molecule has 10 aromatic carbocycles. The summed E-state index contributed by atoms with van der Waals surface area (Å²) >= 11 is 0. The second-order valence-corrected chi connectivity index (χ2v) is 25.3. The number of rotatable bonds is 13. The van der Waals surface area contributed by atoms with Crippen LogP contribution in [0.5, 0.6) is 0 Å². The van der Waals surface area contributed by atoms with Crippen LogP contribution in [0.3, 0.4) is 0 Å². The summed E-state index contributed by atoms with van der Waals surface area (Å²) < 4.78 is 26.9. The number of hydrogen-bond acceptors (Lipinski definition) is 8. The molecule has 0 amide bonds. The van der Waals surface area contributed by atoms with Crippen LogP contribution < -0.4 is 0 Å². The minimum atomic E-state index is -0.677. The summed E-state index contributed by atoms with van der Waals surface area (Å²) in [5, 5.41) is 5.07. The molecule has 9 nitrogen and oxygen atoms in total. The Labute approximate surface area is 710 Å². The molecule has 0 fully saturated rings. The summed E-state index contributed by atoms with van der Waals surface area (Å²) in [7, 11) is 0. The molecule has 0 aliphatic carbocycles. The van der Waals surface area contributed by atoms with Crippen molar-refractivity contribution in [2.45, 2.75) is 54.4 Å². The number of aromatic nitrogens is 7. The van der Waals surface area contributed by atoms with Crippen molar-refractivity contribution in [2.24, 2.45) is 5.92 Å². The predicted octanol–water partition coefficient (Wildman–Crippen LogP) is 23.2. The van der Waals surface area contributed by atoms with Gasteiger partial charge in [-0.05, 0) is 113 Å². The molecule has 16 rings (SSSR count). The van der Waals surface area contributed by atoms with Gasteiger partial charge in [-0.2, -0.15) is 11.2 Å². The maximum atomic E-state index is 13.1. The number of aryl methyl sites for hydroxylation is 2. The first-order valence-corrected chi connectivity index (χ1v) is 35.3. The number of carbonyl (C=O) groups excluding carboxylic acids is 2. The maximum absolute atomic E-state index is 13.1. The number of hydrogen-bond donors (Lipinski definition) is 0. The summed E-state index contributed by atoms with van der Waals surface area (Å²) in [5.41, 5.74) is 22.1. The second-order valence-electron chi connectivity index (χ2n) is 25.3. The molecular weight excluding hydrogens is 2100 g/mol. The average molecular weight is 2180 g/mol. The van der Waals surface area contributed by atoms with Crippen molar-refractivity contribution in [1.82, 2.24) is 34.7 Å². The van der Waals surface area contributed by atoms with Crippen LogP contribution in [0.4, 0.5) is 8.78 Å². The van der Waals surface area contributed by atoms with E-state index in [9.17, 15) is 18.4 Å². The number of pyridine rings is 5. The fourth-order valence-corrected chi connectivity index (χ4v) is 11.2. The molecule has 0 unspecified atom stereocenters. The molecule has 112 heavy (non-hydrogen) atoms. The second kappa shape index (κ2) is 48.1. The smallest absolute Gasteiger partial charge is 0.137 e.